The van der Waals surface area contributed by atoms with Crippen LogP contribution in [0.5, 0.6) is 0 Å². The van der Waals surface area contributed by atoms with Crippen molar-refractivity contribution in [3.63, 3.8) is 0 Å². The highest BCUT2D eigenvalue weighted by molar-refractivity contribution is 7.10. The van der Waals surface area contributed by atoms with Crippen molar-refractivity contribution in [1.82, 2.24) is 14.8 Å². The first-order valence-corrected chi connectivity index (χ1v) is 5.11. The van der Waals surface area contributed by atoms with Crippen LogP contribution in [-0.4, -0.2) is 14.8 Å². The second kappa shape index (κ2) is 4.07. The van der Waals surface area contributed by atoms with E-state index in [0.29, 0.717) is 6.54 Å². The molecule has 0 radical (unpaired) electrons. The Morgan fingerprint density at radius 1 is 1.57 bits per heavy atom. The molecule has 0 aliphatic heterocycles. The zero-order chi connectivity index (χ0) is 9.80. The third-order valence-corrected chi connectivity index (χ3v) is 2.49. The zero-order valence-electron chi connectivity index (χ0n) is 7.77. The summed E-state index contributed by atoms with van der Waals surface area (Å²) in [4.78, 5) is 4.24. The van der Waals surface area contributed by atoms with Crippen LogP contribution in [0.25, 0.3) is 0 Å². The van der Waals surface area contributed by atoms with Crippen LogP contribution in [0.15, 0.2) is 23.8 Å². The van der Waals surface area contributed by atoms with Gasteiger partial charge in [0.1, 0.15) is 6.54 Å². The van der Waals surface area contributed by atoms with Gasteiger partial charge >= 0.3 is 0 Å². The molecule has 14 heavy (non-hydrogen) atoms. The summed E-state index contributed by atoms with van der Waals surface area (Å²) in [5, 5.41) is 6.92. The lowest BCUT2D eigenvalue weighted by molar-refractivity contribution is 0.715. The molecule has 0 N–H and O–H groups in total. The highest BCUT2D eigenvalue weighted by Gasteiger charge is 1.91. The molecular formula is C10H9N3S. The van der Waals surface area contributed by atoms with Crippen LogP contribution in [-0.2, 0) is 6.54 Å². The monoisotopic (exact) mass is 203 g/mol. The molecule has 0 atom stereocenters. The van der Waals surface area contributed by atoms with Crippen molar-refractivity contribution in [2.45, 2.75) is 13.5 Å². The van der Waals surface area contributed by atoms with Crippen LogP contribution < -0.4 is 0 Å². The Kier molecular flexibility index (Phi) is 2.61. The van der Waals surface area contributed by atoms with Gasteiger partial charge in [0.25, 0.3) is 0 Å². The fourth-order valence-electron chi connectivity index (χ4n) is 1.00. The van der Waals surface area contributed by atoms with E-state index in [2.05, 4.69) is 21.9 Å². The summed E-state index contributed by atoms with van der Waals surface area (Å²) in [5.74, 6) is 6.02. The highest BCUT2D eigenvalue weighted by atomic mass is 32.1. The fourth-order valence-corrected chi connectivity index (χ4v) is 1.66. The minimum absolute atomic E-state index is 0.617. The molecule has 70 valence electrons. The van der Waals surface area contributed by atoms with E-state index in [1.165, 1.54) is 0 Å². The van der Waals surface area contributed by atoms with Gasteiger partial charge in [0.15, 0.2) is 5.01 Å². The SMILES string of the molecule is Cc1csc(C#CCn2cccn2)n1. The number of thiazole rings is 1. The second-order valence-corrected chi connectivity index (χ2v) is 3.66. The van der Waals surface area contributed by atoms with Crippen molar-refractivity contribution in [3.8, 4) is 11.8 Å². The lowest BCUT2D eigenvalue weighted by Gasteiger charge is -1.88. The number of rotatable bonds is 1. The van der Waals surface area contributed by atoms with Gasteiger partial charge in [0, 0.05) is 23.5 Å². The van der Waals surface area contributed by atoms with Crippen LogP contribution in [0, 0.1) is 18.8 Å². The fraction of sp³-hybridized carbons (Fsp3) is 0.200. The van der Waals surface area contributed by atoms with E-state index in [1.54, 1.807) is 22.2 Å². The van der Waals surface area contributed by atoms with Gasteiger partial charge in [0.05, 0.1) is 0 Å². The predicted molar refractivity (Wildman–Crippen MR) is 56.0 cm³/mol. The maximum Gasteiger partial charge on any atom is 0.167 e. The molecule has 0 aromatic carbocycles. The van der Waals surface area contributed by atoms with Gasteiger partial charge < -0.3 is 0 Å². The summed E-state index contributed by atoms with van der Waals surface area (Å²) in [6.45, 7) is 2.58. The number of aryl methyl sites for hydroxylation is 1. The molecule has 0 fully saturated rings. The van der Waals surface area contributed by atoms with Gasteiger partial charge in [-0.25, -0.2) is 4.98 Å². The van der Waals surface area contributed by atoms with Gasteiger partial charge in [-0.15, -0.1) is 11.3 Å². The third-order valence-electron chi connectivity index (χ3n) is 1.61. The molecular weight excluding hydrogens is 194 g/mol. The smallest absolute Gasteiger partial charge is 0.167 e. The van der Waals surface area contributed by atoms with Gasteiger partial charge in [-0.2, -0.15) is 5.10 Å². The predicted octanol–water partition coefficient (Wildman–Crippen LogP) is 1.70. The zero-order valence-corrected chi connectivity index (χ0v) is 8.58. The topological polar surface area (TPSA) is 30.7 Å². The Morgan fingerprint density at radius 2 is 2.50 bits per heavy atom. The molecule has 2 aromatic heterocycles. The van der Waals surface area contributed by atoms with E-state index < -0.39 is 0 Å². The normalized spacial score (nSPS) is 9.50. The highest BCUT2D eigenvalue weighted by Crippen LogP contribution is 2.06. The standard InChI is InChI=1S/C10H9N3S/c1-9-8-14-10(12-9)4-2-6-13-7-3-5-11-13/h3,5,7-8H,6H2,1H3. The Bertz CT molecular complexity index is 459. The molecule has 0 bridgehead atoms. The average molecular weight is 203 g/mol. The van der Waals surface area contributed by atoms with Gasteiger partial charge in [-0.1, -0.05) is 5.92 Å². The van der Waals surface area contributed by atoms with E-state index in [4.69, 9.17) is 0 Å². The summed E-state index contributed by atoms with van der Waals surface area (Å²) >= 11 is 1.57. The molecule has 0 aliphatic rings. The van der Waals surface area contributed by atoms with E-state index in [-0.39, 0.29) is 0 Å². The number of hydrogen-bond donors (Lipinski definition) is 0. The molecule has 0 amide bonds. The van der Waals surface area contributed by atoms with Gasteiger partial charge in [-0.05, 0) is 18.9 Å². The Hall–Kier alpha value is -1.60. The molecule has 2 rings (SSSR count). The van der Waals surface area contributed by atoms with E-state index in [1.807, 2.05) is 24.6 Å². The number of aromatic nitrogens is 3. The van der Waals surface area contributed by atoms with E-state index in [9.17, 15) is 0 Å². The van der Waals surface area contributed by atoms with Crippen molar-refractivity contribution in [2.24, 2.45) is 0 Å². The molecule has 0 aliphatic carbocycles. The van der Waals surface area contributed by atoms with Crippen molar-refractivity contribution < 1.29 is 0 Å². The molecule has 0 unspecified atom stereocenters. The van der Waals surface area contributed by atoms with Crippen molar-refractivity contribution in [1.29, 1.82) is 0 Å². The van der Waals surface area contributed by atoms with Crippen molar-refractivity contribution in [3.05, 3.63) is 34.5 Å². The van der Waals surface area contributed by atoms with Crippen molar-refractivity contribution >= 4 is 11.3 Å². The Balaban J connectivity index is 2.01. The minimum atomic E-state index is 0.617. The molecule has 2 heterocycles. The van der Waals surface area contributed by atoms with Gasteiger partial charge in [-0.3, -0.25) is 4.68 Å². The maximum absolute atomic E-state index is 4.24. The number of hydrogen-bond acceptors (Lipinski definition) is 3. The molecule has 4 heteroatoms. The first kappa shape index (κ1) is 8.97. The average Bonchev–Trinajstić information content (AvgIpc) is 2.77. The molecule has 0 saturated heterocycles. The third kappa shape index (κ3) is 2.21. The Morgan fingerprint density at radius 3 is 3.14 bits per heavy atom. The minimum Gasteiger partial charge on any atom is -0.261 e. The largest absolute Gasteiger partial charge is 0.261 e. The Labute approximate surface area is 86.4 Å². The van der Waals surface area contributed by atoms with Crippen LogP contribution in [0.3, 0.4) is 0 Å². The lowest BCUT2D eigenvalue weighted by Crippen LogP contribution is -1.94. The van der Waals surface area contributed by atoms with Crippen LogP contribution in [0.1, 0.15) is 10.7 Å². The second-order valence-electron chi connectivity index (χ2n) is 2.80. The number of nitrogens with zero attached hydrogens (tertiary/aromatic N) is 3. The first-order chi connectivity index (χ1) is 6.84. The van der Waals surface area contributed by atoms with Crippen LogP contribution in [0.2, 0.25) is 0 Å². The van der Waals surface area contributed by atoms with Crippen molar-refractivity contribution in [2.75, 3.05) is 0 Å². The van der Waals surface area contributed by atoms with Gasteiger partial charge in [0.2, 0.25) is 0 Å². The summed E-state index contributed by atoms with van der Waals surface area (Å²) in [6, 6.07) is 1.88. The first-order valence-electron chi connectivity index (χ1n) is 4.23. The summed E-state index contributed by atoms with van der Waals surface area (Å²) in [5.41, 5.74) is 1.03. The van der Waals surface area contributed by atoms with Crippen LogP contribution in [0.4, 0.5) is 0 Å². The summed E-state index contributed by atoms with van der Waals surface area (Å²) in [7, 11) is 0. The summed E-state index contributed by atoms with van der Waals surface area (Å²) < 4.78 is 1.79. The van der Waals surface area contributed by atoms with Crippen LogP contribution >= 0.6 is 11.3 Å². The molecule has 3 nitrogen and oxygen atoms in total. The van der Waals surface area contributed by atoms with E-state index in [0.717, 1.165) is 10.7 Å². The lowest BCUT2D eigenvalue weighted by atomic mass is 10.5. The van der Waals surface area contributed by atoms with E-state index >= 15 is 0 Å². The quantitative estimate of drug-likeness (QED) is 0.660. The molecule has 0 spiro atoms. The molecule has 0 saturated carbocycles. The molecule has 2 aromatic rings. The maximum atomic E-state index is 4.24. The summed E-state index contributed by atoms with van der Waals surface area (Å²) in [6.07, 6.45) is 3.64.